The van der Waals surface area contributed by atoms with E-state index in [1.54, 1.807) is 29.1 Å². The van der Waals surface area contributed by atoms with Gasteiger partial charge < -0.3 is 24.2 Å². The van der Waals surface area contributed by atoms with Crippen molar-refractivity contribution in [1.82, 2.24) is 29.5 Å². The Morgan fingerprint density at radius 2 is 1.76 bits per heavy atom. The molecule has 1 fully saturated rings. The molecule has 7 rings (SSSR count). The van der Waals surface area contributed by atoms with Gasteiger partial charge in [0.1, 0.15) is 41.7 Å². The van der Waals surface area contributed by atoms with E-state index in [9.17, 15) is 14.3 Å². The van der Waals surface area contributed by atoms with Gasteiger partial charge in [-0.05, 0) is 66.6 Å². The minimum absolute atomic E-state index is 0.00228. The van der Waals surface area contributed by atoms with E-state index in [-0.39, 0.29) is 24.7 Å². The van der Waals surface area contributed by atoms with Gasteiger partial charge in [0.2, 0.25) is 12.0 Å². The number of aryl methyl sites for hydroxylation is 1. The zero-order valence-corrected chi connectivity index (χ0v) is 31.7. The molecule has 0 radical (unpaired) electrons. The number of para-hydroxylation sites is 1. The predicted octanol–water partition coefficient (Wildman–Crippen LogP) is 7.14. The van der Waals surface area contributed by atoms with Crippen LogP contribution in [0.15, 0.2) is 79.3 Å². The van der Waals surface area contributed by atoms with Gasteiger partial charge in [0.05, 0.1) is 16.1 Å². The monoisotopic (exact) mass is 770 g/mol. The smallest absolute Gasteiger partial charge is 0.345 e. The number of halogens is 2. The fraction of sp³-hybridized carbons (Fsp3) is 0.300. The van der Waals surface area contributed by atoms with Crippen LogP contribution in [0.3, 0.4) is 0 Å². The number of hydrogen-bond acceptors (Lipinski definition) is 10. The normalized spacial score (nSPS) is 14.3. The molecule has 0 aliphatic carbocycles. The highest BCUT2D eigenvalue weighted by atomic mass is 35.5. The van der Waals surface area contributed by atoms with Crippen LogP contribution in [-0.2, 0) is 24.9 Å². The van der Waals surface area contributed by atoms with Gasteiger partial charge >= 0.3 is 5.97 Å². The quantitative estimate of drug-likeness (QED) is 0.123. The molecule has 0 unspecified atom stereocenters. The van der Waals surface area contributed by atoms with Crippen LogP contribution in [0, 0.1) is 12.7 Å². The van der Waals surface area contributed by atoms with Crippen molar-refractivity contribution in [2.45, 2.75) is 26.1 Å². The maximum absolute atomic E-state index is 14.1. The first-order valence-corrected chi connectivity index (χ1v) is 18.8. The average molecular weight is 771 g/mol. The van der Waals surface area contributed by atoms with Crippen molar-refractivity contribution >= 4 is 39.1 Å². The number of fused-ring (bicyclic) bond motifs is 1. The van der Waals surface area contributed by atoms with Crippen LogP contribution < -0.4 is 14.2 Å². The van der Waals surface area contributed by atoms with Gasteiger partial charge in [-0.15, -0.1) is 11.3 Å². The molecule has 1 saturated heterocycles. The molecule has 3 aromatic heterocycles. The molecule has 0 saturated carbocycles. The van der Waals surface area contributed by atoms with E-state index in [1.807, 2.05) is 50.4 Å². The summed E-state index contributed by atoms with van der Waals surface area (Å²) in [6.07, 6.45) is 1.72. The minimum atomic E-state index is -1.33. The molecule has 1 aliphatic heterocycles. The van der Waals surface area contributed by atoms with E-state index in [4.69, 9.17) is 25.8 Å². The maximum atomic E-state index is 14.1. The number of aromatic nitrogens is 4. The highest BCUT2D eigenvalue weighted by molar-refractivity contribution is 7.22. The van der Waals surface area contributed by atoms with Crippen molar-refractivity contribution in [1.29, 1.82) is 0 Å². The van der Waals surface area contributed by atoms with Gasteiger partial charge in [-0.2, -0.15) is 5.10 Å². The van der Waals surface area contributed by atoms with Gasteiger partial charge in [-0.3, -0.25) is 9.58 Å². The first-order valence-electron chi connectivity index (χ1n) is 17.6. The van der Waals surface area contributed by atoms with Gasteiger partial charge in [-0.25, -0.2) is 19.2 Å². The van der Waals surface area contributed by atoms with Crippen molar-refractivity contribution in [3.05, 3.63) is 107 Å². The Morgan fingerprint density at radius 1 is 0.981 bits per heavy atom. The number of aliphatic carboxylic acids is 1. The Balaban J connectivity index is 1.22. The third-order valence-electron chi connectivity index (χ3n) is 9.65. The third kappa shape index (κ3) is 8.19. The van der Waals surface area contributed by atoms with E-state index in [2.05, 4.69) is 31.9 Å². The SMILES string of the molecule is Cc1c(-c2c(-c3ccc(F)cc3)sc3ncnc(O[C@H](Cc4ccccc4OCc4ccnn4C)C(=O)O)c23)ccc(OCCN2CCN(C)CC2)c1Cl. The van der Waals surface area contributed by atoms with Crippen LogP contribution in [0.4, 0.5) is 4.39 Å². The molecule has 14 heteroatoms. The molecule has 6 aromatic rings. The lowest BCUT2D eigenvalue weighted by atomic mass is 9.96. The first kappa shape index (κ1) is 37.2. The first-order chi connectivity index (χ1) is 26.2. The van der Waals surface area contributed by atoms with Gasteiger partial charge in [0.15, 0.2) is 0 Å². The number of hydrogen-bond donors (Lipinski definition) is 1. The summed E-state index contributed by atoms with van der Waals surface area (Å²) >= 11 is 8.39. The predicted molar refractivity (Wildman–Crippen MR) is 207 cm³/mol. The molecule has 0 spiro atoms. The molecule has 54 heavy (non-hydrogen) atoms. The zero-order valence-electron chi connectivity index (χ0n) is 30.2. The second kappa shape index (κ2) is 16.5. The summed E-state index contributed by atoms with van der Waals surface area (Å²) in [4.78, 5) is 27.9. The van der Waals surface area contributed by atoms with Crippen molar-refractivity contribution in [3.63, 3.8) is 0 Å². The summed E-state index contributed by atoms with van der Waals surface area (Å²) < 4.78 is 34.5. The Hall–Kier alpha value is -5.08. The van der Waals surface area contributed by atoms with E-state index in [0.717, 1.165) is 60.0 Å². The average Bonchev–Trinajstić information content (AvgIpc) is 3.77. The fourth-order valence-corrected chi connectivity index (χ4v) is 7.85. The van der Waals surface area contributed by atoms with Crippen LogP contribution in [0.5, 0.6) is 17.4 Å². The molecule has 11 nitrogen and oxygen atoms in total. The number of benzene rings is 3. The van der Waals surface area contributed by atoms with E-state index < -0.39 is 12.1 Å². The van der Waals surface area contributed by atoms with Crippen LogP contribution >= 0.6 is 22.9 Å². The van der Waals surface area contributed by atoms with Gasteiger partial charge in [0, 0.05) is 62.8 Å². The van der Waals surface area contributed by atoms with Crippen LogP contribution in [0.2, 0.25) is 5.02 Å². The second-order valence-electron chi connectivity index (χ2n) is 13.2. The molecule has 1 atom stereocenters. The van der Waals surface area contributed by atoms with Crippen molar-refractivity contribution in [2.24, 2.45) is 7.05 Å². The lowest BCUT2D eigenvalue weighted by molar-refractivity contribution is -0.145. The van der Waals surface area contributed by atoms with Crippen molar-refractivity contribution < 1.29 is 28.5 Å². The number of rotatable bonds is 14. The molecular formula is C40H40ClFN6O5S. The van der Waals surface area contributed by atoms with Gasteiger partial charge in [0.25, 0.3) is 0 Å². The number of ether oxygens (including phenoxy) is 3. The summed E-state index contributed by atoms with van der Waals surface area (Å²) in [6.45, 7) is 7.48. The van der Waals surface area contributed by atoms with Crippen molar-refractivity contribution in [2.75, 3.05) is 46.4 Å². The highest BCUT2D eigenvalue weighted by Gasteiger charge is 2.28. The number of thiophene rings is 1. The Labute approximate surface area is 321 Å². The minimum Gasteiger partial charge on any atom is -0.491 e. The Bertz CT molecular complexity index is 2260. The second-order valence-corrected chi connectivity index (χ2v) is 14.6. The van der Waals surface area contributed by atoms with E-state index >= 15 is 0 Å². The maximum Gasteiger partial charge on any atom is 0.345 e. The van der Waals surface area contributed by atoms with Crippen LogP contribution in [-0.4, -0.2) is 93.1 Å². The number of likely N-dealkylation sites (N-methyl/N-ethyl adjacent to an activating group) is 1. The largest absolute Gasteiger partial charge is 0.491 e. The number of nitrogens with zero attached hydrogens (tertiary/aromatic N) is 6. The molecular weight excluding hydrogens is 731 g/mol. The molecule has 4 heterocycles. The molecule has 1 aliphatic rings. The van der Waals surface area contributed by atoms with Crippen LogP contribution in [0.1, 0.15) is 16.8 Å². The number of carboxylic acids is 1. The topological polar surface area (TPSA) is 115 Å². The summed E-state index contributed by atoms with van der Waals surface area (Å²) in [5, 5.41) is 15.6. The lowest BCUT2D eigenvalue weighted by Gasteiger charge is -2.32. The molecule has 3 aromatic carbocycles. The zero-order chi connectivity index (χ0) is 37.8. The Kier molecular flexibility index (Phi) is 11.4. The summed E-state index contributed by atoms with van der Waals surface area (Å²) in [7, 11) is 3.96. The molecule has 1 N–H and O–H groups in total. The number of piperazine rings is 1. The third-order valence-corrected chi connectivity index (χ3v) is 11.3. The standard InChI is InChI=1S/C40H40ClFN6O5S/c1-25-30(12-13-32(36(25)41)51-21-20-48-18-16-46(2)17-19-48)34-35-38(43-24-44-39(35)54-37(34)26-8-10-28(42)11-9-26)53-33(40(49)50)22-27-6-4-5-7-31(27)52-23-29-14-15-45-47(29)3/h4-15,24,33H,16-23H2,1-3H3,(H,49,50)/t33-/m1/s1. The van der Waals surface area contributed by atoms with E-state index in [1.165, 1.54) is 29.8 Å². The van der Waals surface area contributed by atoms with Crippen molar-refractivity contribution in [3.8, 4) is 38.9 Å². The van der Waals surface area contributed by atoms with Gasteiger partial charge in [-0.1, -0.05) is 48.0 Å². The highest BCUT2D eigenvalue weighted by Crippen LogP contribution is 2.49. The number of carboxylic acid groups (broad SMARTS) is 1. The summed E-state index contributed by atoms with van der Waals surface area (Å²) in [5.74, 6) is -0.332. The molecule has 0 bridgehead atoms. The summed E-state index contributed by atoms with van der Waals surface area (Å²) in [6, 6.07) is 19.1. The van der Waals surface area contributed by atoms with Crippen LogP contribution in [0.25, 0.3) is 31.8 Å². The molecule has 280 valence electrons. The lowest BCUT2D eigenvalue weighted by Crippen LogP contribution is -2.45. The molecule has 0 amide bonds. The van der Waals surface area contributed by atoms with E-state index in [0.29, 0.717) is 44.5 Å². The number of carbonyl (C=O) groups is 1. The summed E-state index contributed by atoms with van der Waals surface area (Å²) in [5.41, 5.74) is 4.48. The Morgan fingerprint density at radius 3 is 2.50 bits per heavy atom. The fourth-order valence-electron chi connectivity index (χ4n) is 6.48.